The van der Waals surface area contributed by atoms with Crippen molar-refractivity contribution in [1.29, 1.82) is 0 Å². The molecule has 0 aliphatic rings. The molecule has 178 valence electrons. The number of carbonyl (C=O) groups excluding carboxylic acids is 2. The number of ether oxygens (including phenoxy) is 1. The highest BCUT2D eigenvalue weighted by Crippen LogP contribution is 2.25. The SMILES string of the molecule is CNC(=O)C(Cc1ccccc1)N(Cc1ccccc1F)C(=O)COc1cccc2ccccc12. The Bertz CT molecular complexity index is 1300. The van der Waals surface area contributed by atoms with Crippen LogP contribution in [0.25, 0.3) is 10.8 Å². The molecule has 0 aliphatic carbocycles. The molecule has 0 aliphatic heterocycles. The molecule has 35 heavy (non-hydrogen) atoms. The minimum absolute atomic E-state index is 0.0602. The molecule has 4 aromatic rings. The molecule has 1 atom stereocenters. The molecule has 0 saturated carbocycles. The molecule has 0 aromatic heterocycles. The standard InChI is InChI=1S/C29H27FN2O3/c1-31-29(34)26(18-21-10-3-2-4-11-21)32(19-23-13-6-8-16-25(23)30)28(33)20-35-27-17-9-14-22-12-5-7-15-24(22)27/h2-17,26H,18-20H2,1H3,(H,31,34). The molecule has 6 heteroatoms. The lowest BCUT2D eigenvalue weighted by Gasteiger charge is -2.31. The Labute approximate surface area is 204 Å². The van der Waals surface area contributed by atoms with E-state index in [2.05, 4.69) is 5.32 Å². The van der Waals surface area contributed by atoms with Crippen LogP contribution in [-0.4, -0.2) is 36.4 Å². The molecule has 0 bridgehead atoms. The number of carbonyl (C=O) groups is 2. The average Bonchev–Trinajstić information content (AvgIpc) is 2.90. The third kappa shape index (κ3) is 5.84. The van der Waals surface area contributed by atoms with E-state index in [4.69, 9.17) is 4.74 Å². The fourth-order valence-electron chi connectivity index (χ4n) is 4.07. The number of hydrogen-bond acceptors (Lipinski definition) is 3. The Morgan fingerprint density at radius 3 is 2.34 bits per heavy atom. The van der Waals surface area contributed by atoms with Gasteiger partial charge in [-0.3, -0.25) is 9.59 Å². The van der Waals surface area contributed by atoms with E-state index in [1.165, 1.54) is 18.0 Å². The van der Waals surface area contributed by atoms with Gasteiger partial charge in [0.2, 0.25) is 5.91 Å². The Balaban J connectivity index is 1.63. The largest absolute Gasteiger partial charge is 0.483 e. The van der Waals surface area contributed by atoms with Crippen molar-refractivity contribution in [2.75, 3.05) is 13.7 Å². The third-order valence-electron chi connectivity index (χ3n) is 5.92. The van der Waals surface area contributed by atoms with Crippen molar-refractivity contribution >= 4 is 22.6 Å². The van der Waals surface area contributed by atoms with Gasteiger partial charge in [0, 0.05) is 31.0 Å². The zero-order chi connectivity index (χ0) is 24.6. The lowest BCUT2D eigenvalue weighted by molar-refractivity contribution is -0.142. The highest BCUT2D eigenvalue weighted by molar-refractivity contribution is 5.90. The first-order valence-electron chi connectivity index (χ1n) is 11.5. The summed E-state index contributed by atoms with van der Waals surface area (Å²) in [4.78, 5) is 27.9. The number of nitrogens with zero attached hydrogens (tertiary/aromatic N) is 1. The number of hydrogen-bond donors (Lipinski definition) is 1. The van der Waals surface area contributed by atoms with E-state index in [1.54, 1.807) is 24.3 Å². The van der Waals surface area contributed by atoms with Crippen LogP contribution in [0.1, 0.15) is 11.1 Å². The quantitative estimate of drug-likeness (QED) is 0.384. The predicted octanol–water partition coefficient (Wildman–Crippen LogP) is 4.74. The summed E-state index contributed by atoms with van der Waals surface area (Å²) in [7, 11) is 1.53. The first-order valence-corrected chi connectivity index (χ1v) is 11.5. The Hall–Kier alpha value is -4.19. The molecule has 4 aromatic carbocycles. The molecule has 1 N–H and O–H groups in total. The van der Waals surface area contributed by atoms with E-state index in [-0.39, 0.29) is 25.5 Å². The summed E-state index contributed by atoms with van der Waals surface area (Å²) in [6.45, 7) is -0.347. The molecule has 0 spiro atoms. The Morgan fingerprint density at radius 1 is 0.886 bits per heavy atom. The zero-order valence-corrected chi connectivity index (χ0v) is 19.5. The van der Waals surface area contributed by atoms with Gasteiger partial charge < -0.3 is 15.0 Å². The van der Waals surface area contributed by atoms with E-state index in [0.29, 0.717) is 11.3 Å². The maximum absolute atomic E-state index is 14.5. The van der Waals surface area contributed by atoms with Crippen molar-refractivity contribution in [3.05, 3.63) is 114 Å². The first-order chi connectivity index (χ1) is 17.1. The molecule has 1 unspecified atom stereocenters. The number of rotatable bonds is 9. The number of halogens is 1. The van der Waals surface area contributed by atoms with Gasteiger partial charge in [-0.1, -0.05) is 84.9 Å². The van der Waals surface area contributed by atoms with Crippen LogP contribution in [0, 0.1) is 5.82 Å². The summed E-state index contributed by atoms with van der Waals surface area (Å²) < 4.78 is 20.5. The van der Waals surface area contributed by atoms with Crippen molar-refractivity contribution < 1.29 is 18.7 Å². The van der Waals surface area contributed by atoms with Crippen LogP contribution < -0.4 is 10.1 Å². The molecule has 0 radical (unpaired) electrons. The smallest absolute Gasteiger partial charge is 0.261 e. The Morgan fingerprint density at radius 2 is 1.57 bits per heavy atom. The summed E-state index contributed by atoms with van der Waals surface area (Å²) in [5.41, 5.74) is 1.22. The molecular formula is C29H27FN2O3. The number of likely N-dealkylation sites (N-methyl/N-ethyl adjacent to an activating group) is 1. The Kier molecular flexibility index (Phi) is 7.73. The van der Waals surface area contributed by atoms with Crippen molar-refractivity contribution in [1.82, 2.24) is 10.2 Å². The fraction of sp³-hybridized carbons (Fsp3) is 0.172. The van der Waals surface area contributed by atoms with Gasteiger partial charge in [0.1, 0.15) is 17.6 Å². The van der Waals surface area contributed by atoms with Crippen LogP contribution >= 0.6 is 0 Å². The van der Waals surface area contributed by atoms with Crippen molar-refractivity contribution in [2.45, 2.75) is 19.0 Å². The molecule has 2 amide bonds. The number of benzene rings is 4. The molecule has 4 rings (SSSR count). The summed E-state index contributed by atoms with van der Waals surface area (Å²) in [5.74, 6) is -0.605. The van der Waals surface area contributed by atoms with E-state index < -0.39 is 17.8 Å². The van der Waals surface area contributed by atoms with Gasteiger partial charge in [-0.2, -0.15) is 0 Å². The second-order valence-corrected chi connectivity index (χ2v) is 8.20. The first kappa shape index (κ1) is 24.0. The monoisotopic (exact) mass is 470 g/mol. The zero-order valence-electron chi connectivity index (χ0n) is 19.5. The van der Waals surface area contributed by atoms with Crippen molar-refractivity contribution in [3.63, 3.8) is 0 Å². The fourth-order valence-corrected chi connectivity index (χ4v) is 4.07. The average molecular weight is 471 g/mol. The van der Waals surface area contributed by atoms with E-state index >= 15 is 0 Å². The van der Waals surface area contributed by atoms with Gasteiger partial charge >= 0.3 is 0 Å². The molecule has 0 heterocycles. The molecule has 0 saturated heterocycles. The van der Waals surface area contributed by atoms with Gasteiger partial charge in [0.25, 0.3) is 5.91 Å². The number of nitrogens with one attached hydrogen (secondary N) is 1. The summed E-state index contributed by atoms with van der Waals surface area (Å²) in [6.07, 6.45) is 0.287. The van der Waals surface area contributed by atoms with Gasteiger partial charge in [0.05, 0.1) is 0 Å². The van der Waals surface area contributed by atoms with Crippen LogP contribution in [0.4, 0.5) is 4.39 Å². The third-order valence-corrected chi connectivity index (χ3v) is 5.92. The summed E-state index contributed by atoms with van der Waals surface area (Å²) in [6, 6.07) is 28.2. The lowest BCUT2D eigenvalue weighted by Crippen LogP contribution is -2.51. The maximum Gasteiger partial charge on any atom is 0.261 e. The number of fused-ring (bicyclic) bond motifs is 1. The van der Waals surface area contributed by atoms with Gasteiger partial charge in [-0.15, -0.1) is 0 Å². The topological polar surface area (TPSA) is 58.6 Å². The highest BCUT2D eigenvalue weighted by atomic mass is 19.1. The van der Waals surface area contributed by atoms with Gasteiger partial charge in [0.15, 0.2) is 6.61 Å². The molecular weight excluding hydrogens is 443 g/mol. The van der Waals surface area contributed by atoms with E-state index in [0.717, 1.165) is 16.3 Å². The maximum atomic E-state index is 14.5. The van der Waals surface area contributed by atoms with Crippen LogP contribution in [0.15, 0.2) is 97.1 Å². The highest BCUT2D eigenvalue weighted by Gasteiger charge is 2.30. The van der Waals surface area contributed by atoms with Gasteiger partial charge in [-0.25, -0.2) is 4.39 Å². The normalized spacial score (nSPS) is 11.6. The van der Waals surface area contributed by atoms with Crippen LogP contribution in [0.5, 0.6) is 5.75 Å². The minimum atomic E-state index is -0.842. The number of amides is 2. The molecule has 0 fully saturated rings. The molecule has 5 nitrogen and oxygen atoms in total. The van der Waals surface area contributed by atoms with Crippen LogP contribution in [-0.2, 0) is 22.6 Å². The van der Waals surface area contributed by atoms with E-state index in [1.807, 2.05) is 66.7 Å². The summed E-state index contributed by atoms with van der Waals surface area (Å²) >= 11 is 0. The van der Waals surface area contributed by atoms with Crippen LogP contribution in [0.3, 0.4) is 0 Å². The lowest BCUT2D eigenvalue weighted by atomic mass is 10.0. The predicted molar refractivity (Wildman–Crippen MR) is 134 cm³/mol. The second kappa shape index (κ2) is 11.3. The second-order valence-electron chi connectivity index (χ2n) is 8.20. The van der Waals surface area contributed by atoms with Crippen molar-refractivity contribution in [2.24, 2.45) is 0 Å². The van der Waals surface area contributed by atoms with Crippen molar-refractivity contribution in [3.8, 4) is 5.75 Å². The summed E-state index contributed by atoms with van der Waals surface area (Å²) in [5, 5.41) is 4.53. The van der Waals surface area contributed by atoms with E-state index in [9.17, 15) is 14.0 Å². The van der Waals surface area contributed by atoms with Gasteiger partial charge in [-0.05, 0) is 23.1 Å². The minimum Gasteiger partial charge on any atom is -0.483 e. The van der Waals surface area contributed by atoms with Crippen LogP contribution in [0.2, 0.25) is 0 Å².